The lowest BCUT2D eigenvalue weighted by atomic mass is 10.1. The molecule has 112 valence electrons. The van der Waals surface area contributed by atoms with E-state index < -0.39 is 4.92 Å². The number of carbonyl (C=O) groups excluding carboxylic acids is 1. The number of hydrogen-bond donors (Lipinski definition) is 1. The van der Waals surface area contributed by atoms with Gasteiger partial charge in [-0.15, -0.1) is 0 Å². The molecule has 0 aliphatic carbocycles. The molecular weight excluding hydrogens is 284 g/mol. The minimum Gasteiger partial charge on any atom is -0.497 e. The number of rotatable bonds is 5. The summed E-state index contributed by atoms with van der Waals surface area (Å²) in [5, 5.41) is 13.5. The van der Waals surface area contributed by atoms with Gasteiger partial charge in [0, 0.05) is 23.9 Å². The zero-order valence-corrected chi connectivity index (χ0v) is 11.9. The zero-order chi connectivity index (χ0) is 15.9. The summed E-state index contributed by atoms with van der Waals surface area (Å²) in [4.78, 5) is 22.3. The average molecular weight is 298 g/mol. The van der Waals surface area contributed by atoms with Crippen LogP contribution in [0.15, 0.2) is 54.6 Å². The molecule has 2 rings (SSSR count). The number of amides is 1. The van der Waals surface area contributed by atoms with Crippen molar-refractivity contribution in [2.24, 2.45) is 0 Å². The van der Waals surface area contributed by atoms with Crippen LogP contribution in [0.5, 0.6) is 5.75 Å². The molecule has 1 N–H and O–H groups in total. The van der Waals surface area contributed by atoms with E-state index in [1.807, 2.05) is 0 Å². The molecule has 2 aromatic rings. The molecule has 0 heterocycles. The third-order valence-corrected chi connectivity index (χ3v) is 2.88. The first-order chi connectivity index (χ1) is 10.6. The van der Waals surface area contributed by atoms with Crippen LogP contribution in [0.3, 0.4) is 0 Å². The molecule has 0 fully saturated rings. The Labute approximate surface area is 127 Å². The Kier molecular flexibility index (Phi) is 4.87. The summed E-state index contributed by atoms with van der Waals surface area (Å²) in [6.45, 7) is 0. The van der Waals surface area contributed by atoms with E-state index >= 15 is 0 Å². The summed E-state index contributed by atoms with van der Waals surface area (Å²) in [5.74, 6) is 0.242. The van der Waals surface area contributed by atoms with Gasteiger partial charge in [0.25, 0.3) is 5.69 Å². The number of nitrogens with zero attached hydrogens (tertiary/aromatic N) is 1. The fraction of sp³-hybridized carbons (Fsp3) is 0.0625. The molecule has 0 aliphatic heterocycles. The maximum Gasteiger partial charge on any atom is 0.276 e. The number of nitro benzene ring substituents is 1. The van der Waals surface area contributed by atoms with Gasteiger partial charge in [0.15, 0.2) is 0 Å². The highest BCUT2D eigenvalue weighted by molar-refractivity contribution is 6.02. The number of benzene rings is 2. The molecule has 6 heteroatoms. The Morgan fingerprint density at radius 2 is 2.00 bits per heavy atom. The van der Waals surface area contributed by atoms with Crippen molar-refractivity contribution in [1.82, 2.24) is 0 Å². The van der Waals surface area contributed by atoms with Crippen LogP contribution in [0.25, 0.3) is 6.08 Å². The molecule has 2 aromatic carbocycles. The largest absolute Gasteiger partial charge is 0.497 e. The van der Waals surface area contributed by atoms with E-state index in [9.17, 15) is 14.9 Å². The van der Waals surface area contributed by atoms with Crippen molar-refractivity contribution in [2.45, 2.75) is 0 Å². The van der Waals surface area contributed by atoms with Crippen LogP contribution in [-0.4, -0.2) is 17.9 Å². The quantitative estimate of drug-likeness (QED) is 0.522. The summed E-state index contributed by atoms with van der Waals surface area (Å²) in [7, 11) is 1.54. The first-order valence-electron chi connectivity index (χ1n) is 6.46. The molecule has 0 saturated heterocycles. The predicted molar refractivity (Wildman–Crippen MR) is 83.8 cm³/mol. The Hall–Kier alpha value is -3.15. The standard InChI is InChI=1S/C16H14N2O4/c1-22-14-7-4-6-13(11-14)17-16(19)10-9-12-5-2-3-8-15(12)18(20)21/h2-11H,1H3,(H,17,19). The van der Waals surface area contributed by atoms with Gasteiger partial charge in [-0.1, -0.05) is 18.2 Å². The second-order valence-corrected chi connectivity index (χ2v) is 4.37. The van der Waals surface area contributed by atoms with Crippen molar-refractivity contribution in [3.8, 4) is 5.75 Å². The molecule has 0 bridgehead atoms. The van der Waals surface area contributed by atoms with E-state index in [0.29, 0.717) is 17.0 Å². The first kappa shape index (κ1) is 15.2. The highest BCUT2D eigenvalue weighted by atomic mass is 16.6. The average Bonchev–Trinajstić information content (AvgIpc) is 2.53. The molecule has 1 amide bonds. The van der Waals surface area contributed by atoms with Gasteiger partial charge in [0.05, 0.1) is 17.6 Å². The molecule has 0 aliphatic rings. The third kappa shape index (κ3) is 3.92. The Morgan fingerprint density at radius 3 is 2.73 bits per heavy atom. The number of ether oxygens (including phenoxy) is 1. The van der Waals surface area contributed by atoms with Gasteiger partial charge in [-0.25, -0.2) is 0 Å². The van der Waals surface area contributed by atoms with Gasteiger partial charge < -0.3 is 10.1 Å². The van der Waals surface area contributed by atoms with Gasteiger partial charge in [-0.3, -0.25) is 14.9 Å². The molecular formula is C16H14N2O4. The van der Waals surface area contributed by atoms with Crippen molar-refractivity contribution < 1.29 is 14.5 Å². The number of anilines is 1. The Balaban J connectivity index is 2.10. The molecule has 0 atom stereocenters. The maximum absolute atomic E-state index is 11.9. The van der Waals surface area contributed by atoms with Crippen LogP contribution in [-0.2, 0) is 4.79 Å². The van der Waals surface area contributed by atoms with Gasteiger partial charge in [0.2, 0.25) is 5.91 Å². The minimum absolute atomic E-state index is 0.0482. The highest BCUT2D eigenvalue weighted by Gasteiger charge is 2.09. The number of para-hydroxylation sites is 1. The summed E-state index contributed by atoms with van der Waals surface area (Å²) in [5.41, 5.74) is 0.901. The van der Waals surface area contributed by atoms with Crippen LogP contribution in [0.1, 0.15) is 5.56 Å². The van der Waals surface area contributed by atoms with Crippen LogP contribution in [0.2, 0.25) is 0 Å². The van der Waals surface area contributed by atoms with E-state index in [4.69, 9.17) is 4.74 Å². The molecule has 0 unspecified atom stereocenters. The summed E-state index contributed by atoms with van der Waals surface area (Å²) in [6.07, 6.45) is 2.66. The Bertz CT molecular complexity index is 726. The van der Waals surface area contributed by atoms with E-state index in [0.717, 1.165) is 0 Å². The fourth-order valence-electron chi connectivity index (χ4n) is 1.84. The SMILES string of the molecule is COc1cccc(NC(=O)C=Cc2ccccc2[N+](=O)[O-])c1. The van der Waals surface area contributed by atoms with Crippen molar-refractivity contribution in [1.29, 1.82) is 0 Å². The van der Waals surface area contributed by atoms with Crippen LogP contribution >= 0.6 is 0 Å². The molecule has 0 aromatic heterocycles. The third-order valence-electron chi connectivity index (χ3n) is 2.88. The molecule has 0 radical (unpaired) electrons. The van der Waals surface area contributed by atoms with Crippen molar-refractivity contribution in [3.05, 3.63) is 70.3 Å². The smallest absolute Gasteiger partial charge is 0.276 e. The minimum atomic E-state index is -0.486. The zero-order valence-electron chi connectivity index (χ0n) is 11.9. The van der Waals surface area contributed by atoms with E-state index in [1.165, 1.54) is 25.3 Å². The van der Waals surface area contributed by atoms with E-state index in [-0.39, 0.29) is 11.6 Å². The maximum atomic E-state index is 11.9. The lowest BCUT2D eigenvalue weighted by Crippen LogP contribution is -2.07. The first-order valence-corrected chi connectivity index (χ1v) is 6.46. The normalized spacial score (nSPS) is 10.4. The van der Waals surface area contributed by atoms with Gasteiger partial charge in [0.1, 0.15) is 5.75 Å². The highest BCUT2D eigenvalue weighted by Crippen LogP contribution is 2.19. The number of nitro groups is 1. The fourth-order valence-corrected chi connectivity index (χ4v) is 1.84. The second-order valence-electron chi connectivity index (χ2n) is 4.37. The summed E-state index contributed by atoms with van der Waals surface area (Å²) < 4.78 is 5.06. The monoisotopic (exact) mass is 298 g/mol. The topological polar surface area (TPSA) is 81.5 Å². The molecule has 0 spiro atoms. The molecule has 0 saturated carbocycles. The number of methoxy groups -OCH3 is 1. The van der Waals surface area contributed by atoms with Gasteiger partial charge in [-0.05, 0) is 24.3 Å². The number of carbonyl (C=O) groups is 1. The second kappa shape index (κ2) is 7.03. The van der Waals surface area contributed by atoms with Crippen molar-refractivity contribution >= 4 is 23.4 Å². The molecule has 6 nitrogen and oxygen atoms in total. The number of nitrogens with one attached hydrogen (secondary N) is 1. The van der Waals surface area contributed by atoms with Gasteiger partial charge >= 0.3 is 0 Å². The van der Waals surface area contributed by atoms with Crippen molar-refractivity contribution in [2.75, 3.05) is 12.4 Å². The van der Waals surface area contributed by atoms with Gasteiger partial charge in [-0.2, -0.15) is 0 Å². The lowest BCUT2D eigenvalue weighted by Gasteiger charge is -2.04. The lowest BCUT2D eigenvalue weighted by molar-refractivity contribution is -0.385. The van der Waals surface area contributed by atoms with Crippen LogP contribution < -0.4 is 10.1 Å². The van der Waals surface area contributed by atoms with Crippen LogP contribution in [0, 0.1) is 10.1 Å². The summed E-state index contributed by atoms with van der Waals surface area (Å²) in [6, 6.07) is 13.1. The van der Waals surface area contributed by atoms with E-state index in [1.54, 1.807) is 42.5 Å². The van der Waals surface area contributed by atoms with E-state index in [2.05, 4.69) is 5.32 Å². The number of hydrogen-bond acceptors (Lipinski definition) is 4. The van der Waals surface area contributed by atoms with Crippen LogP contribution in [0.4, 0.5) is 11.4 Å². The van der Waals surface area contributed by atoms with Crippen molar-refractivity contribution in [3.63, 3.8) is 0 Å². The predicted octanol–water partition coefficient (Wildman–Crippen LogP) is 3.26. The Morgan fingerprint density at radius 1 is 1.23 bits per heavy atom. The molecule has 22 heavy (non-hydrogen) atoms. The summed E-state index contributed by atoms with van der Waals surface area (Å²) >= 11 is 0.